The lowest BCUT2D eigenvalue weighted by atomic mass is 9.74. The number of rotatable bonds is 5. The Kier molecular flexibility index (Phi) is 8.37. The molecule has 4 nitrogen and oxygen atoms in total. The van der Waals surface area contributed by atoms with Crippen LogP contribution in [0.15, 0.2) is 12.1 Å². The van der Waals surface area contributed by atoms with E-state index < -0.39 is 5.41 Å². The van der Waals surface area contributed by atoms with Crippen LogP contribution in [0.2, 0.25) is 0 Å². The third kappa shape index (κ3) is 5.43. The predicted molar refractivity (Wildman–Crippen MR) is 105 cm³/mol. The van der Waals surface area contributed by atoms with Gasteiger partial charge in [-0.2, -0.15) is 0 Å². The van der Waals surface area contributed by atoms with Crippen molar-refractivity contribution in [1.82, 2.24) is 5.32 Å². The third-order valence-corrected chi connectivity index (χ3v) is 4.81. The highest BCUT2D eigenvalue weighted by Gasteiger charge is 2.42. The molecule has 1 fully saturated rings. The zero-order chi connectivity index (χ0) is 19.0. The van der Waals surface area contributed by atoms with E-state index in [0.29, 0.717) is 24.7 Å². The van der Waals surface area contributed by atoms with E-state index in [0.717, 1.165) is 29.8 Å². The molecule has 0 bridgehead atoms. The monoisotopic (exact) mass is 345 g/mol. The number of carbonyl (C=O) groups is 2. The largest absolute Gasteiger partial charge is 0.469 e. The van der Waals surface area contributed by atoms with Crippen molar-refractivity contribution in [2.75, 3.05) is 20.2 Å². The van der Waals surface area contributed by atoms with Crippen molar-refractivity contribution in [2.45, 2.75) is 53.4 Å². The van der Waals surface area contributed by atoms with Gasteiger partial charge in [0, 0.05) is 14.3 Å². The second-order valence-corrected chi connectivity index (χ2v) is 6.55. The maximum atomic E-state index is 12.6. The van der Waals surface area contributed by atoms with Crippen LogP contribution in [0.5, 0.6) is 0 Å². The summed E-state index contributed by atoms with van der Waals surface area (Å²) < 4.78 is 4.97. The number of methoxy groups -OCH3 is 1. The van der Waals surface area contributed by atoms with Crippen LogP contribution in [0.4, 0.5) is 0 Å². The summed E-state index contributed by atoms with van der Waals surface area (Å²) in [6.45, 7) is 9.41. The number of hydrogen-bond donors (Lipinski definition) is 1. The highest BCUT2D eigenvalue weighted by Crippen LogP contribution is 2.35. The molecule has 0 saturated carbocycles. The first-order valence-corrected chi connectivity index (χ1v) is 9.04. The zero-order valence-electron chi connectivity index (χ0n) is 16.2. The molecule has 1 saturated heterocycles. The first-order chi connectivity index (χ1) is 11.9. The maximum absolute atomic E-state index is 12.6. The average Bonchev–Trinajstić information content (AvgIpc) is 2.60. The summed E-state index contributed by atoms with van der Waals surface area (Å²) in [5, 5.41) is 3.23. The van der Waals surface area contributed by atoms with Crippen molar-refractivity contribution in [3.63, 3.8) is 0 Å². The number of esters is 1. The topological polar surface area (TPSA) is 55.4 Å². The SMILES string of the molecule is CC.[B]c1cc(C)c(CC(=O)CC2(C(=O)OC)CCNCC2)c(C)c1.[HH]. The zero-order valence-corrected chi connectivity index (χ0v) is 16.2. The molecule has 0 amide bonds. The molecule has 2 rings (SSSR count). The first-order valence-electron chi connectivity index (χ1n) is 9.04. The first kappa shape index (κ1) is 21.4. The summed E-state index contributed by atoms with van der Waals surface area (Å²) in [6, 6.07) is 3.77. The molecule has 5 heteroatoms. The predicted octanol–water partition coefficient (Wildman–Crippen LogP) is 2.41. The second-order valence-electron chi connectivity index (χ2n) is 6.55. The molecule has 2 radical (unpaired) electrons. The number of nitrogens with one attached hydrogen (secondary N) is 1. The number of hydrogen-bond acceptors (Lipinski definition) is 4. The van der Waals surface area contributed by atoms with Crippen LogP contribution in [-0.2, 0) is 20.7 Å². The van der Waals surface area contributed by atoms with Gasteiger partial charge in [0.2, 0.25) is 0 Å². The van der Waals surface area contributed by atoms with Crippen molar-refractivity contribution >= 4 is 25.1 Å². The lowest BCUT2D eigenvalue weighted by Crippen LogP contribution is -2.44. The fraction of sp³-hybridized carbons (Fsp3) is 0.600. The van der Waals surface area contributed by atoms with E-state index in [1.807, 2.05) is 39.8 Å². The van der Waals surface area contributed by atoms with Crippen LogP contribution in [-0.4, -0.2) is 39.8 Å². The Balaban J connectivity index is 0.00000201. The summed E-state index contributed by atoms with van der Waals surface area (Å²) in [7, 11) is 7.23. The minimum atomic E-state index is -0.674. The summed E-state index contributed by atoms with van der Waals surface area (Å²) in [5.41, 5.74) is 3.09. The minimum Gasteiger partial charge on any atom is -0.469 e. The van der Waals surface area contributed by atoms with Gasteiger partial charge in [0.05, 0.1) is 12.5 Å². The lowest BCUT2D eigenvalue weighted by Gasteiger charge is -2.34. The molecule has 1 aliphatic heterocycles. The number of Topliss-reactive ketones (excluding diaryl/α,β-unsaturated/α-hetero) is 1. The van der Waals surface area contributed by atoms with Crippen molar-refractivity contribution in [1.29, 1.82) is 0 Å². The van der Waals surface area contributed by atoms with E-state index in [4.69, 9.17) is 12.6 Å². The van der Waals surface area contributed by atoms with E-state index >= 15 is 0 Å². The number of carbonyl (C=O) groups excluding carboxylic acids is 2. The van der Waals surface area contributed by atoms with Crippen LogP contribution >= 0.6 is 0 Å². The number of ketones is 1. The standard InChI is InChI=1S/C18H24BNO3.C2H6.H2/c1-12-8-14(19)9-13(2)16(12)10-15(21)11-18(17(22)23-3)4-6-20-7-5-18;1-2;/h8-9,20H,4-7,10-11H2,1-3H3;1-2H3;1H. The summed E-state index contributed by atoms with van der Waals surface area (Å²) >= 11 is 0. The molecular formula is C20H32BNO3. The molecule has 0 aromatic heterocycles. The Labute approximate surface area is 154 Å². The van der Waals surface area contributed by atoms with Gasteiger partial charge >= 0.3 is 5.97 Å². The molecule has 0 spiro atoms. The van der Waals surface area contributed by atoms with E-state index in [9.17, 15) is 9.59 Å². The molecule has 1 N–H and O–H groups in total. The Bertz CT molecular complexity index is 590. The molecule has 0 aliphatic carbocycles. The van der Waals surface area contributed by atoms with Gasteiger partial charge in [-0.15, -0.1) is 0 Å². The maximum Gasteiger partial charge on any atom is 0.312 e. The van der Waals surface area contributed by atoms with E-state index in [1.54, 1.807) is 0 Å². The van der Waals surface area contributed by atoms with Crippen LogP contribution in [0.25, 0.3) is 0 Å². The highest BCUT2D eigenvalue weighted by molar-refractivity contribution is 6.32. The number of benzene rings is 1. The fourth-order valence-electron chi connectivity index (χ4n) is 3.52. The minimum absolute atomic E-state index is 0. The lowest BCUT2D eigenvalue weighted by molar-refractivity contribution is -0.156. The molecule has 25 heavy (non-hydrogen) atoms. The Morgan fingerprint density at radius 1 is 1.20 bits per heavy atom. The third-order valence-electron chi connectivity index (χ3n) is 4.81. The van der Waals surface area contributed by atoms with Crippen LogP contribution in [0.3, 0.4) is 0 Å². The van der Waals surface area contributed by atoms with Crippen LogP contribution in [0.1, 0.15) is 51.2 Å². The number of piperidine rings is 1. The Morgan fingerprint density at radius 3 is 2.20 bits per heavy atom. The molecule has 1 heterocycles. The van der Waals surface area contributed by atoms with Gasteiger partial charge in [-0.1, -0.05) is 31.4 Å². The van der Waals surface area contributed by atoms with Gasteiger partial charge in [0.25, 0.3) is 0 Å². The van der Waals surface area contributed by atoms with Gasteiger partial charge in [-0.25, -0.2) is 0 Å². The quantitative estimate of drug-likeness (QED) is 0.658. The van der Waals surface area contributed by atoms with E-state index in [2.05, 4.69) is 5.32 Å². The molecule has 1 aromatic carbocycles. The van der Waals surface area contributed by atoms with Gasteiger partial charge in [0.15, 0.2) is 0 Å². The molecule has 0 atom stereocenters. The highest BCUT2D eigenvalue weighted by atomic mass is 16.5. The van der Waals surface area contributed by atoms with Crippen molar-refractivity contribution in [3.8, 4) is 0 Å². The normalized spacial score (nSPS) is 15.7. The smallest absolute Gasteiger partial charge is 0.312 e. The van der Waals surface area contributed by atoms with Crippen LogP contribution in [0, 0.1) is 19.3 Å². The van der Waals surface area contributed by atoms with Gasteiger partial charge in [0.1, 0.15) is 13.6 Å². The van der Waals surface area contributed by atoms with Crippen molar-refractivity contribution in [2.24, 2.45) is 5.41 Å². The molecular weight excluding hydrogens is 313 g/mol. The van der Waals surface area contributed by atoms with Crippen LogP contribution < -0.4 is 10.8 Å². The van der Waals surface area contributed by atoms with Gasteiger partial charge in [-0.05, 0) is 56.5 Å². The molecule has 1 aliphatic rings. The molecule has 1 aromatic rings. The second kappa shape index (κ2) is 9.76. The Hall–Kier alpha value is -1.62. The molecule has 138 valence electrons. The van der Waals surface area contributed by atoms with Crippen molar-refractivity contribution < 1.29 is 15.8 Å². The van der Waals surface area contributed by atoms with Crippen molar-refractivity contribution in [3.05, 3.63) is 28.8 Å². The number of ether oxygens (including phenoxy) is 1. The van der Waals surface area contributed by atoms with E-state index in [1.165, 1.54) is 7.11 Å². The summed E-state index contributed by atoms with van der Waals surface area (Å²) in [6.07, 6.45) is 1.87. The molecule has 0 unspecified atom stereocenters. The Morgan fingerprint density at radius 2 is 1.72 bits per heavy atom. The summed E-state index contributed by atoms with van der Waals surface area (Å²) in [5.74, 6) is -0.189. The fourth-order valence-corrected chi connectivity index (χ4v) is 3.52. The van der Waals surface area contributed by atoms with Gasteiger partial charge in [-0.3, -0.25) is 9.59 Å². The van der Waals surface area contributed by atoms with E-state index in [-0.39, 0.29) is 19.6 Å². The van der Waals surface area contributed by atoms with Gasteiger partial charge < -0.3 is 10.1 Å². The average molecular weight is 345 g/mol. The summed E-state index contributed by atoms with van der Waals surface area (Å²) in [4.78, 5) is 24.9. The number of aryl methyl sites for hydroxylation is 2.